The van der Waals surface area contributed by atoms with Gasteiger partial charge in [0.25, 0.3) is 5.69 Å². The van der Waals surface area contributed by atoms with E-state index in [2.05, 4.69) is 22.6 Å². The monoisotopic (exact) mass is 369 g/mol. The quantitative estimate of drug-likeness (QED) is 0.273. The van der Waals surface area contributed by atoms with Crippen molar-refractivity contribution in [3.63, 3.8) is 0 Å². The molecule has 2 aromatic rings. The fraction of sp³-hybridized carbons (Fsp3) is 0. The van der Waals surface area contributed by atoms with Crippen molar-refractivity contribution >= 4 is 34.2 Å². The van der Waals surface area contributed by atoms with E-state index in [9.17, 15) is 14.9 Å². The van der Waals surface area contributed by atoms with Crippen molar-refractivity contribution in [2.24, 2.45) is 0 Å². The van der Waals surface area contributed by atoms with Crippen LogP contribution in [0.25, 0.3) is 0 Å². The highest BCUT2D eigenvalue weighted by Gasteiger charge is 2.20. The van der Waals surface area contributed by atoms with Crippen molar-refractivity contribution < 1.29 is 14.5 Å². The van der Waals surface area contributed by atoms with Crippen LogP contribution in [-0.4, -0.2) is 10.9 Å². The molecule has 6 heteroatoms. The Balaban J connectivity index is 2.25. The molecule has 0 aromatic heterocycles. The van der Waals surface area contributed by atoms with Gasteiger partial charge in [-0.25, -0.2) is 4.79 Å². The summed E-state index contributed by atoms with van der Waals surface area (Å²) in [4.78, 5) is 22.1. The number of halogens is 1. The number of para-hydroxylation sites is 1. The van der Waals surface area contributed by atoms with Gasteiger partial charge >= 0.3 is 5.97 Å². The Morgan fingerprint density at radius 2 is 1.74 bits per heavy atom. The molecule has 0 aliphatic rings. The van der Waals surface area contributed by atoms with E-state index < -0.39 is 10.9 Å². The summed E-state index contributed by atoms with van der Waals surface area (Å²) in [5, 5.41) is 10.8. The van der Waals surface area contributed by atoms with Gasteiger partial charge in [-0.1, -0.05) is 12.1 Å². The Labute approximate surface area is 122 Å². The maximum atomic E-state index is 11.9. The molecule has 0 aliphatic carbocycles. The summed E-state index contributed by atoms with van der Waals surface area (Å²) in [7, 11) is 0. The third-order valence-electron chi connectivity index (χ3n) is 2.34. The van der Waals surface area contributed by atoms with Gasteiger partial charge in [0.1, 0.15) is 11.3 Å². The second-order valence-corrected chi connectivity index (χ2v) is 4.86. The average Bonchev–Trinajstić information content (AvgIpc) is 2.41. The van der Waals surface area contributed by atoms with Crippen LogP contribution in [0.4, 0.5) is 5.69 Å². The smallest absolute Gasteiger partial charge is 0.350 e. The molecule has 0 heterocycles. The number of nitrogens with zero attached hydrogens (tertiary/aromatic N) is 1. The Morgan fingerprint density at radius 3 is 2.37 bits per heavy atom. The zero-order chi connectivity index (χ0) is 13.8. The normalized spacial score (nSPS) is 9.95. The zero-order valence-electron chi connectivity index (χ0n) is 9.58. The molecule has 0 N–H and O–H groups in total. The molecule has 0 radical (unpaired) electrons. The maximum Gasteiger partial charge on any atom is 0.350 e. The fourth-order valence-electron chi connectivity index (χ4n) is 1.47. The van der Waals surface area contributed by atoms with E-state index in [-0.39, 0.29) is 11.3 Å². The van der Waals surface area contributed by atoms with Crippen LogP contribution in [0.15, 0.2) is 48.5 Å². The molecule has 96 valence electrons. The molecular weight excluding hydrogens is 361 g/mol. The van der Waals surface area contributed by atoms with Crippen LogP contribution in [-0.2, 0) is 0 Å². The zero-order valence-corrected chi connectivity index (χ0v) is 11.7. The maximum absolute atomic E-state index is 11.9. The highest BCUT2D eigenvalue weighted by Crippen LogP contribution is 2.21. The minimum absolute atomic E-state index is 0.0638. The summed E-state index contributed by atoms with van der Waals surface area (Å²) in [6, 6.07) is 12.5. The second kappa shape index (κ2) is 5.79. The number of benzene rings is 2. The molecule has 0 atom stereocenters. The van der Waals surface area contributed by atoms with Crippen LogP contribution in [0, 0.1) is 13.7 Å². The summed E-state index contributed by atoms with van der Waals surface area (Å²) in [5.74, 6) is -0.392. The molecule has 2 aromatic carbocycles. The van der Waals surface area contributed by atoms with Crippen molar-refractivity contribution in [1.29, 1.82) is 0 Å². The standard InChI is InChI=1S/C13H8INO4/c14-9-5-7-10(8-6-9)19-13(16)11-3-1-2-4-12(11)15(17)18/h1-8H. The number of ether oxygens (including phenoxy) is 1. The first-order valence-electron chi connectivity index (χ1n) is 5.29. The average molecular weight is 369 g/mol. The number of carbonyl (C=O) groups is 1. The van der Waals surface area contributed by atoms with Gasteiger partial charge < -0.3 is 4.74 Å². The number of nitro groups is 1. The van der Waals surface area contributed by atoms with Crippen molar-refractivity contribution in [1.82, 2.24) is 0 Å². The molecule has 0 amide bonds. The first-order valence-corrected chi connectivity index (χ1v) is 6.37. The molecule has 0 bridgehead atoms. The molecule has 19 heavy (non-hydrogen) atoms. The lowest BCUT2D eigenvalue weighted by Crippen LogP contribution is -2.10. The molecule has 0 fully saturated rings. The van der Waals surface area contributed by atoms with Gasteiger partial charge in [-0.05, 0) is 52.9 Å². The molecule has 0 unspecified atom stereocenters. The largest absolute Gasteiger partial charge is 0.423 e. The van der Waals surface area contributed by atoms with Gasteiger partial charge in [-0.3, -0.25) is 10.1 Å². The molecule has 5 nitrogen and oxygen atoms in total. The molecule has 0 aliphatic heterocycles. The summed E-state index contributed by atoms with van der Waals surface area (Å²) in [6.45, 7) is 0. The molecule has 0 spiro atoms. The summed E-state index contributed by atoms with van der Waals surface area (Å²) >= 11 is 2.13. The van der Waals surface area contributed by atoms with Crippen molar-refractivity contribution in [3.8, 4) is 5.75 Å². The van der Waals surface area contributed by atoms with Crippen LogP contribution >= 0.6 is 22.6 Å². The number of hydrogen-bond acceptors (Lipinski definition) is 4. The first-order chi connectivity index (χ1) is 9.08. The molecule has 2 rings (SSSR count). The molecule has 0 saturated carbocycles. The van der Waals surface area contributed by atoms with Crippen LogP contribution < -0.4 is 4.74 Å². The predicted molar refractivity (Wildman–Crippen MR) is 77.2 cm³/mol. The van der Waals surface area contributed by atoms with E-state index >= 15 is 0 Å². The third kappa shape index (κ3) is 3.28. The van der Waals surface area contributed by atoms with E-state index in [0.717, 1.165) is 3.57 Å². The van der Waals surface area contributed by atoms with Crippen LogP contribution in [0.2, 0.25) is 0 Å². The van der Waals surface area contributed by atoms with E-state index in [1.165, 1.54) is 18.2 Å². The van der Waals surface area contributed by atoms with E-state index in [1.807, 2.05) is 0 Å². The van der Waals surface area contributed by atoms with Gasteiger partial charge in [0.2, 0.25) is 0 Å². The van der Waals surface area contributed by atoms with E-state index in [0.29, 0.717) is 5.75 Å². The van der Waals surface area contributed by atoms with Gasteiger partial charge in [0.05, 0.1) is 4.92 Å². The Hall–Kier alpha value is -1.96. The Kier molecular flexibility index (Phi) is 4.10. The second-order valence-electron chi connectivity index (χ2n) is 3.62. The summed E-state index contributed by atoms with van der Waals surface area (Å²) in [5.41, 5.74) is -0.330. The number of rotatable bonds is 3. The number of esters is 1. The SMILES string of the molecule is O=C(Oc1ccc(I)cc1)c1ccccc1[N+](=O)[O-]. The first kappa shape index (κ1) is 13.5. The van der Waals surface area contributed by atoms with Crippen molar-refractivity contribution in [3.05, 3.63) is 67.8 Å². The number of nitro benzene ring substituents is 1. The minimum atomic E-state index is -0.742. The predicted octanol–water partition coefficient (Wildman–Crippen LogP) is 3.42. The van der Waals surface area contributed by atoms with Crippen LogP contribution in [0.1, 0.15) is 10.4 Å². The van der Waals surface area contributed by atoms with Crippen LogP contribution in [0.3, 0.4) is 0 Å². The van der Waals surface area contributed by atoms with Gasteiger partial charge in [0, 0.05) is 9.64 Å². The van der Waals surface area contributed by atoms with Crippen LogP contribution in [0.5, 0.6) is 5.75 Å². The lowest BCUT2D eigenvalue weighted by atomic mass is 10.2. The Bertz CT molecular complexity index is 625. The number of carbonyl (C=O) groups excluding carboxylic acids is 1. The van der Waals surface area contributed by atoms with Crippen molar-refractivity contribution in [2.45, 2.75) is 0 Å². The summed E-state index contributed by atoms with van der Waals surface area (Å²) in [6.07, 6.45) is 0. The third-order valence-corrected chi connectivity index (χ3v) is 3.06. The Morgan fingerprint density at radius 1 is 1.11 bits per heavy atom. The minimum Gasteiger partial charge on any atom is -0.423 e. The van der Waals surface area contributed by atoms with Gasteiger partial charge in [-0.15, -0.1) is 0 Å². The lowest BCUT2D eigenvalue weighted by Gasteiger charge is -2.04. The lowest BCUT2D eigenvalue weighted by molar-refractivity contribution is -0.385. The van der Waals surface area contributed by atoms with Gasteiger partial charge in [0.15, 0.2) is 0 Å². The van der Waals surface area contributed by atoms with Crippen molar-refractivity contribution in [2.75, 3.05) is 0 Å². The highest BCUT2D eigenvalue weighted by molar-refractivity contribution is 14.1. The summed E-state index contributed by atoms with van der Waals surface area (Å²) < 4.78 is 6.10. The van der Waals surface area contributed by atoms with E-state index in [1.54, 1.807) is 30.3 Å². The number of hydrogen-bond donors (Lipinski definition) is 0. The van der Waals surface area contributed by atoms with E-state index in [4.69, 9.17) is 4.74 Å². The van der Waals surface area contributed by atoms with Gasteiger partial charge in [-0.2, -0.15) is 0 Å². The topological polar surface area (TPSA) is 69.4 Å². The highest BCUT2D eigenvalue weighted by atomic mass is 127. The molecule has 0 saturated heterocycles. The fourth-order valence-corrected chi connectivity index (χ4v) is 1.83. The molecular formula is C13H8INO4.